The van der Waals surface area contributed by atoms with Crippen molar-refractivity contribution < 1.29 is 9.63 Å². The van der Waals surface area contributed by atoms with Gasteiger partial charge in [-0.1, -0.05) is 30.3 Å². The molecule has 1 heterocycles. The molecule has 0 bridgehead atoms. The Hall–Kier alpha value is -1.39. The van der Waals surface area contributed by atoms with Gasteiger partial charge in [0.2, 0.25) is 6.41 Å². The van der Waals surface area contributed by atoms with Crippen LogP contribution in [0.5, 0.6) is 0 Å². The molecule has 1 atom stereocenters. The van der Waals surface area contributed by atoms with Gasteiger partial charge in [0.15, 0.2) is 0 Å². The van der Waals surface area contributed by atoms with Gasteiger partial charge in [-0.05, 0) is 24.8 Å². The van der Waals surface area contributed by atoms with Gasteiger partial charge >= 0.3 is 0 Å². The lowest BCUT2D eigenvalue weighted by molar-refractivity contribution is -0.213. The van der Waals surface area contributed by atoms with E-state index in [0.29, 0.717) is 6.61 Å². The molecule has 17 heavy (non-hydrogen) atoms. The number of carbonyl (C=O) groups excluding carboxylic acids is 1. The normalized spacial score (nSPS) is 21.1. The van der Waals surface area contributed by atoms with E-state index >= 15 is 0 Å². The zero-order valence-corrected chi connectivity index (χ0v) is 9.84. The maximum Gasteiger partial charge on any atom is 0.208 e. The lowest BCUT2D eigenvalue weighted by Gasteiger charge is -2.33. The van der Waals surface area contributed by atoms with Crippen LogP contribution in [-0.4, -0.2) is 24.2 Å². The highest BCUT2D eigenvalue weighted by molar-refractivity contribution is 5.46. The number of nitrogens with zero attached hydrogens (tertiary/aromatic N) is 1. The van der Waals surface area contributed by atoms with Gasteiger partial charge in [-0.15, -0.1) is 0 Å². The monoisotopic (exact) mass is 234 g/mol. The van der Waals surface area contributed by atoms with Crippen molar-refractivity contribution in [1.29, 1.82) is 0 Å². The second-order valence-corrected chi connectivity index (χ2v) is 4.20. The van der Waals surface area contributed by atoms with Crippen LogP contribution in [0.4, 0.5) is 0 Å². The molecule has 1 aliphatic heterocycles. The van der Waals surface area contributed by atoms with E-state index in [2.05, 4.69) is 5.32 Å². The van der Waals surface area contributed by atoms with E-state index < -0.39 is 0 Å². The molecule has 1 N–H and O–H groups in total. The molecule has 1 aliphatic rings. The number of hydrogen-bond donors (Lipinski definition) is 1. The number of amides is 1. The van der Waals surface area contributed by atoms with Gasteiger partial charge in [0.25, 0.3) is 0 Å². The van der Waals surface area contributed by atoms with E-state index in [0.717, 1.165) is 37.8 Å². The van der Waals surface area contributed by atoms with Crippen molar-refractivity contribution in [3.05, 3.63) is 35.9 Å². The molecule has 1 saturated heterocycles. The highest BCUT2D eigenvalue weighted by Crippen LogP contribution is 2.16. The summed E-state index contributed by atoms with van der Waals surface area (Å²) in [6, 6.07) is 10.0. The van der Waals surface area contributed by atoms with Gasteiger partial charge in [-0.3, -0.25) is 9.63 Å². The van der Waals surface area contributed by atoms with E-state index in [4.69, 9.17) is 4.84 Å². The first kappa shape index (κ1) is 12.1. The van der Waals surface area contributed by atoms with E-state index in [1.807, 2.05) is 35.4 Å². The lowest BCUT2D eigenvalue weighted by atomic mass is 10.1. The Balaban J connectivity index is 1.86. The molecule has 1 amide bonds. The summed E-state index contributed by atoms with van der Waals surface area (Å²) >= 11 is 0. The Labute approximate surface area is 102 Å². The van der Waals surface area contributed by atoms with Gasteiger partial charge in [0, 0.05) is 6.54 Å². The zero-order valence-electron chi connectivity index (χ0n) is 9.84. The topological polar surface area (TPSA) is 41.6 Å². The lowest BCUT2D eigenvalue weighted by Crippen LogP contribution is -2.47. The van der Waals surface area contributed by atoms with Crippen molar-refractivity contribution in [2.75, 3.05) is 6.54 Å². The summed E-state index contributed by atoms with van der Waals surface area (Å²) in [5.41, 5.74) is 1.14. The van der Waals surface area contributed by atoms with Crippen molar-refractivity contribution >= 4 is 6.41 Å². The Morgan fingerprint density at radius 1 is 1.35 bits per heavy atom. The third-order valence-corrected chi connectivity index (χ3v) is 2.95. The largest absolute Gasteiger partial charge is 0.341 e. The molecule has 0 spiro atoms. The number of carbonyl (C=O) groups is 1. The zero-order chi connectivity index (χ0) is 11.9. The first-order chi connectivity index (χ1) is 8.40. The quantitative estimate of drug-likeness (QED) is 0.788. The Morgan fingerprint density at radius 3 is 2.94 bits per heavy atom. The number of hydrogen-bond acceptors (Lipinski definition) is 3. The second kappa shape index (κ2) is 6.37. The summed E-state index contributed by atoms with van der Waals surface area (Å²) in [6.07, 6.45) is 3.97. The van der Waals surface area contributed by atoms with E-state index in [1.165, 1.54) is 0 Å². The van der Waals surface area contributed by atoms with Crippen molar-refractivity contribution in [2.24, 2.45) is 0 Å². The standard InChI is InChI=1S/C13H18N2O2/c16-11-14-13-8-4-5-9-15(13)17-10-12-6-2-1-3-7-12/h1-3,6-7,11,13H,4-5,8-10H2,(H,14,16)/t13-/m0/s1. The summed E-state index contributed by atoms with van der Waals surface area (Å²) < 4.78 is 0. The van der Waals surface area contributed by atoms with Crippen LogP contribution in [0, 0.1) is 0 Å². The molecule has 0 radical (unpaired) electrons. The highest BCUT2D eigenvalue weighted by Gasteiger charge is 2.22. The molecule has 92 valence electrons. The maximum atomic E-state index is 10.5. The fourth-order valence-electron chi connectivity index (χ4n) is 2.04. The molecule has 4 nitrogen and oxygen atoms in total. The van der Waals surface area contributed by atoms with Gasteiger partial charge in [-0.2, -0.15) is 5.06 Å². The number of nitrogens with one attached hydrogen (secondary N) is 1. The molecular formula is C13H18N2O2. The minimum atomic E-state index is 0.0185. The molecule has 1 fully saturated rings. The third-order valence-electron chi connectivity index (χ3n) is 2.95. The molecule has 4 heteroatoms. The molecule has 0 saturated carbocycles. The molecule has 0 unspecified atom stereocenters. The number of piperidine rings is 1. The molecule has 2 rings (SSSR count). The second-order valence-electron chi connectivity index (χ2n) is 4.20. The average molecular weight is 234 g/mol. The van der Waals surface area contributed by atoms with Crippen LogP contribution < -0.4 is 5.32 Å². The first-order valence-corrected chi connectivity index (χ1v) is 6.03. The maximum absolute atomic E-state index is 10.5. The van der Waals surface area contributed by atoms with Gasteiger partial charge in [0.1, 0.15) is 6.17 Å². The van der Waals surface area contributed by atoms with Crippen LogP contribution in [0.3, 0.4) is 0 Å². The van der Waals surface area contributed by atoms with Gasteiger partial charge in [-0.25, -0.2) is 0 Å². The van der Waals surface area contributed by atoms with E-state index in [-0.39, 0.29) is 6.17 Å². The summed E-state index contributed by atoms with van der Waals surface area (Å²) in [6.45, 7) is 1.43. The summed E-state index contributed by atoms with van der Waals surface area (Å²) in [5, 5.41) is 4.67. The van der Waals surface area contributed by atoms with E-state index in [1.54, 1.807) is 0 Å². The smallest absolute Gasteiger partial charge is 0.208 e. The highest BCUT2D eigenvalue weighted by atomic mass is 16.7. The molecular weight excluding hydrogens is 216 g/mol. The molecule has 1 aromatic carbocycles. The minimum absolute atomic E-state index is 0.0185. The van der Waals surface area contributed by atoms with Gasteiger partial charge < -0.3 is 5.32 Å². The molecule has 1 aromatic rings. The first-order valence-electron chi connectivity index (χ1n) is 6.03. The van der Waals surface area contributed by atoms with Crippen molar-refractivity contribution in [3.8, 4) is 0 Å². The summed E-state index contributed by atoms with van der Waals surface area (Å²) in [7, 11) is 0. The van der Waals surface area contributed by atoms with Gasteiger partial charge in [0.05, 0.1) is 6.61 Å². The summed E-state index contributed by atoms with van der Waals surface area (Å²) in [5.74, 6) is 0. The predicted molar refractivity (Wildman–Crippen MR) is 64.8 cm³/mol. The number of benzene rings is 1. The van der Waals surface area contributed by atoms with Crippen LogP contribution >= 0.6 is 0 Å². The van der Waals surface area contributed by atoms with Crippen LogP contribution in [-0.2, 0) is 16.2 Å². The van der Waals surface area contributed by atoms with E-state index in [9.17, 15) is 4.79 Å². The van der Waals surface area contributed by atoms with Crippen LogP contribution in [0.2, 0.25) is 0 Å². The molecule has 0 aliphatic carbocycles. The summed E-state index contributed by atoms with van der Waals surface area (Å²) in [4.78, 5) is 16.2. The average Bonchev–Trinajstić information content (AvgIpc) is 2.39. The van der Waals surface area contributed by atoms with Crippen LogP contribution in [0.25, 0.3) is 0 Å². The molecule has 0 aromatic heterocycles. The van der Waals surface area contributed by atoms with Crippen molar-refractivity contribution in [2.45, 2.75) is 32.0 Å². The minimum Gasteiger partial charge on any atom is -0.341 e. The fourth-order valence-corrected chi connectivity index (χ4v) is 2.04. The van der Waals surface area contributed by atoms with Crippen molar-refractivity contribution in [1.82, 2.24) is 10.4 Å². The number of rotatable bonds is 5. The SMILES string of the molecule is O=CN[C@@H]1CCCCN1OCc1ccccc1. The number of hydroxylamine groups is 2. The fraction of sp³-hybridized carbons (Fsp3) is 0.462. The Kier molecular flexibility index (Phi) is 4.53. The van der Waals surface area contributed by atoms with Crippen LogP contribution in [0.15, 0.2) is 30.3 Å². The van der Waals surface area contributed by atoms with Crippen LogP contribution in [0.1, 0.15) is 24.8 Å². The van der Waals surface area contributed by atoms with Crippen molar-refractivity contribution in [3.63, 3.8) is 0 Å². The Bertz CT molecular complexity index is 343. The third kappa shape index (κ3) is 3.54. The predicted octanol–water partition coefficient (Wildman–Crippen LogP) is 1.68. The Morgan fingerprint density at radius 2 is 2.18 bits per heavy atom.